The summed E-state index contributed by atoms with van der Waals surface area (Å²) in [5, 5.41) is 13.5. The van der Waals surface area contributed by atoms with Crippen molar-refractivity contribution in [3.05, 3.63) is 69.7 Å². The Kier molecular flexibility index (Phi) is 6.35. The minimum atomic E-state index is 0.0941. The van der Waals surface area contributed by atoms with E-state index in [4.69, 9.17) is 28.9 Å². The Balaban J connectivity index is 2.02. The lowest BCUT2D eigenvalue weighted by molar-refractivity contribution is 0.983. The fourth-order valence-electron chi connectivity index (χ4n) is 1.80. The molecule has 24 heavy (non-hydrogen) atoms. The molecule has 124 valence electrons. The van der Waals surface area contributed by atoms with Gasteiger partial charge in [-0.2, -0.15) is 10.2 Å². The normalized spacial score (nSPS) is 13.1. The van der Waals surface area contributed by atoms with Crippen LogP contribution in [0.15, 0.2) is 63.8 Å². The van der Waals surface area contributed by atoms with E-state index >= 15 is 0 Å². The second-order valence-corrected chi connectivity index (χ2v) is 5.87. The van der Waals surface area contributed by atoms with Gasteiger partial charge in [-0.15, -0.1) is 5.10 Å². The maximum absolute atomic E-state index is 5.86. The molecule has 7 heteroatoms. The molecule has 5 nitrogen and oxygen atoms in total. The van der Waals surface area contributed by atoms with Gasteiger partial charge in [-0.3, -0.25) is 0 Å². The summed E-state index contributed by atoms with van der Waals surface area (Å²) in [6.45, 7) is 3.69. The Bertz CT molecular complexity index is 778. The first kappa shape index (κ1) is 18.0. The van der Waals surface area contributed by atoms with Gasteiger partial charge >= 0.3 is 0 Å². The van der Waals surface area contributed by atoms with Crippen LogP contribution in [0.1, 0.15) is 25.0 Å². The van der Waals surface area contributed by atoms with E-state index < -0.39 is 0 Å². The molecular weight excluding hydrogens is 345 g/mol. The van der Waals surface area contributed by atoms with E-state index in [0.29, 0.717) is 10.0 Å². The molecule has 0 spiro atoms. The fraction of sp³-hybridized carbons (Fsp3) is 0.118. The monoisotopic (exact) mass is 361 g/mol. The first-order valence-corrected chi connectivity index (χ1v) is 7.91. The first-order chi connectivity index (χ1) is 11.5. The van der Waals surface area contributed by atoms with Crippen LogP contribution in [0.2, 0.25) is 10.0 Å². The first-order valence-electron chi connectivity index (χ1n) is 7.15. The number of nitrogens with zero attached hydrogens (tertiary/aromatic N) is 3. The van der Waals surface area contributed by atoms with Gasteiger partial charge in [0.1, 0.15) is 0 Å². The maximum Gasteiger partial charge on any atom is 0.234 e. The lowest BCUT2D eigenvalue weighted by Crippen LogP contribution is -2.27. The van der Waals surface area contributed by atoms with Crippen LogP contribution < -0.4 is 11.2 Å². The number of nitrogens with one attached hydrogen (secondary N) is 1. The van der Waals surface area contributed by atoms with Gasteiger partial charge in [-0.25, -0.2) is 5.43 Å². The van der Waals surface area contributed by atoms with Crippen LogP contribution in [0.4, 0.5) is 0 Å². The fourth-order valence-corrected chi connectivity index (χ4v) is 2.05. The average molecular weight is 362 g/mol. The molecule has 0 unspecified atom stereocenters. The molecule has 2 aromatic rings. The second kappa shape index (κ2) is 8.47. The minimum Gasteiger partial charge on any atom is -0.367 e. The van der Waals surface area contributed by atoms with Crippen LogP contribution in [-0.4, -0.2) is 17.4 Å². The van der Waals surface area contributed by atoms with Gasteiger partial charge < -0.3 is 5.73 Å². The van der Waals surface area contributed by atoms with E-state index in [2.05, 4.69) is 20.7 Å². The Hall–Kier alpha value is -2.37. The van der Waals surface area contributed by atoms with Crippen LogP contribution >= 0.6 is 23.2 Å². The van der Waals surface area contributed by atoms with Gasteiger partial charge in [0.2, 0.25) is 5.96 Å². The molecule has 0 aliphatic rings. The highest BCUT2D eigenvalue weighted by molar-refractivity contribution is 6.31. The Morgan fingerprint density at radius 2 is 1.25 bits per heavy atom. The summed E-state index contributed by atoms with van der Waals surface area (Å²) >= 11 is 11.7. The van der Waals surface area contributed by atoms with Crippen LogP contribution in [0, 0.1) is 0 Å². The van der Waals surface area contributed by atoms with Crippen molar-refractivity contribution < 1.29 is 0 Å². The molecule has 0 atom stereocenters. The maximum atomic E-state index is 5.86. The molecule has 2 aromatic carbocycles. The van der Waals surface area contributed by atoms with Crippen molar-refractivity contribution in [3.63, 3.8) is 0 Å². The van der Waals surface area contributed by atoms with Crippen molar-refractivity contribution in [3.8, 4) is 0 Å². The molecule has 0 saturated heterocycles. The van der Waals surface area contributed by atoms with Gasteiger partial charge in [0.15, 0.2) is 0 Å². The predicted molar refractivity (Wildman–Crippen MR) is 102 cm³/mol. The van der Waals surface area contributed by atoms with Crippen LogP contribution in [-0.2, 0) is 0 Å². The highest BCUT2D eigenvalue weighted by Gasteiger charge is 1.99. The third kappa shape index (κ3) is 5.37. The van der Waals surface area contributed by atoms with Crippen molar-refractivity contribution >= 4 is 40.6 Å². The van der Waals surface area contributed by atoms with Gasteiger partial charge in [0.05, 0.1) is 11.4 Å². The molecule has 0 aliphatic carbocycles. The minimum absolute atomic E-state index is 0.0941. The number of guanidine groups is 1. The SMILES string of the molecule is C/C(=N/N=C(/N)N/N=C(/C)c1ccc(Cl)cc1)c1ccc(Cl)cc1. The summed E-state index contributed by atoms with van der Waals surface area (Å²) in [5.74, 6) is 0.0941. The van der Waals surface area contributed by atoms with Crippen molar-refractivity contribution in [1.29, 1.82) is 0 Å². The number of nitrogens with two attached hydrogens (primary N) is 1. The summed E-state index contributed by atoms with van der Waals surface area (Å²) in [7, 11) is 0. The quantitative estimate of drug-likeness (QED) is 0.489. The topological polar surface area (TPSA) is 75.1 Å². The number of hydrazone groups is 1. The van der Waals surface area contributed by atoms with E-state index in [-0.39, 0.29) is 5.96 Å². The molecule has 0 fully saturated rings. The summed E-state index contributed by atoms with van der Waals surface area (Å²) in [5.41, 5.74) is 11.7. The number of hydrogen-bond acceptors (Lipinski definition) is 3. The molecule has 0 heterocycles. The van der Waals surface area contributed by atoms with Gasteiger partial charge in [0, 0.05) is 10.0 Å². The Labute approximate surface area is 150 Å². The molecule has 0 amide bonds. The van der Waals surface area contributed by atoms with Crippen LogP contribution in [0.25, 0.3) is 0 Å². The zero-order chi connectivity index (χ0) is 17.5. The standard InChI is InChI=1S/C17H17Cl2N5/c1-11(13-3-7-15(18)8-4-13)21-23-17(20)24-22-12(2)14-5-9-16(19)10-6-14/h3-10H,1-2H3,(H3,20,23,24)/b21-11-,22-12-. The largest absolute Gasteiger partial charge is 0.367 e. The summed E-state index contributed by atoms with van der Waals surface area (Å²) in [6.07, 6.45) is 0. The van der Waals surface area contributed by atoms with E-state index in [1.807, 2.05) is 38.1 Å². The van der Waals surface area contributed by atoms with Crippen molar-refractivity contribution in [2.45, 2.75) is 13.8 Å². The van der Waals surface area contributed by atoms with E-state index in [1.54, 1.807) is 24.3 Å². The molecule has 2 rings (SSSR count). The second-order valence-electron chi connectivity index (χ2n) is 4.99. The summed E-state index contributed by atoms with van der Waals surface area (Å²) in [4.78, 5) is 0. The molecule has 0 radical (unpaired) electrons. The van der Waals surface area contributed by atoms with Gasteiger partial charge in [-0.05, 0) is 49.2 Å². The molecule has 3 N–H and O–H groups in total. The third-order valence-electron chi connectivity index (χ3n) is 3.17. The van der Waals surface area contributed by atoms with Gasteiger partial charge in [-0.1, -0.05) is 47.5 Å². The smallest absolute Gasteiger partial charge is 0.234 e. The van der Waals surface area contributed by atoms with Crippen LogP contribution in [0.5, 0.6) is 0 Å². The lowest BCUT2D eigenvalue weighted by atomic mass is 10.1. The highest BCUT2D eigenvalue weighted by Crippen LogP contribution is 2.11. The van der Waals surface area contributed by atoms with Crippen LogP contribution in [0.3, 0.4) is 0 Å². The Morgan fingerprint density at radius 3 is 1.75 bits per heavy atom. The Morgan fingerprint density at radius 1 is 0.792 bits per heavy atom. The molecule has 0 aromatic heterocycles. The average Bonchev–Trinajstić information content (AvgIpc) is 2.58. The number of rotatable bonds is 4. The van der Waals surface area contributed by atoms with Crippen molar-refractivity contribution in [2.24, 2.45) is 21.0 Å². The number of halogens is 2. The summed E-state index contributed by atoms with van der Waals surface area (Å²) in [6, 6.07) is 14.7. The van der Waals surface area contributed by atoms with E-state index in [0.717, 1.165) is 22.6 Å². The van der Waals surface area contributed by atoms with Crippen molar-refractivity contribution in [2.75, 3.05) is 0 Å². The molecular formula is C17H17Cl2N5. The van der Waals surface area contributed by atoms with Crippen molar-refractivity contribution in [1.82, 2.24) is 5.43 Å². The lowest BCUT2D eigenvalue weighted by Gasteiger charge is -2.03. The van der Waals surface area contributed by atoms with E-state index in [9.17, 15) is 0 Å². The zero-order valence-electron chi connectivity index (χ0n) is 13.3. The van der Waals surface area contributed by atoms with Gasteiger partial charge in [0.25, 0.3) is 0 Å². The molecule has 0 bridgehead atoms. The predicted octanol–water partition coefficient (Wildman–Crippen LogP) is 4.05. The third-order valence-corrected chi connectivity index (χ3v) is 3.67. The number of hydrogen-bond donors (Lipinski definition) is 2. The highest BCUT2D eigenvalue weighted by atomic mass is 35.5. The molecule has 0 aliphatic heterocycles. The number of benzene rings is 2. The summed E-state index contributed by atoms with van der Waals surface area (Å²) < 4.78 is 0. The van der Waals surface area contributed by atoms with E-state index in [1.165, 1.54) is 0 Å². The zero-order valence-corrected chi connectivity index (χ0v) is 14.8. The molecule has 0 saturated carbocycles.